The maximum absolute atomic E-state index is 12.5. The largest absolute Gasteiger partial charge is 0.392 e. The van der Waals surface area contributed by atoms with Gasteiger partial charge in [-0.2, -0.15) is 0 Å². The summed E-state index contributed by atoms with van der Waals surface area (Å²) in [5, 5.41) is 37.5. The fraction of sp³-hybridized carbons (Fsp3) is 0.920. The monoisotopic (exact) mass is 2000 g/mol. The Kier molecular flexibility index (Phi) is 55.7. The Labute approximate surface area is 864 Å². The van der Waals surface area contributed by atoms with Gasteiger partial charge in [-0.25, -0.2) is 0 Å². The first-order valence-corrected chi connectivity index (χ1v) is 54.5. The van der Waals surface area contributed by atoms with E-state index in [0.717, 1.165) is 214 Å². The van der Waals surface area contributed by atoms with Gasteiger partial charge in [0.2, 0.25) is 53.2 Å². The number of nitrogens with one attached hydrogen (secondary N) is 9. The van der Waals surface area contributed by atoms with Gasteiger partial charge in [-0.1, -0.05) is 166 Å². The van der Waals surface area contributed by atoms with E-state index in [2.05, 4.69) is 272 Å². The summed E-state index contributed by atoms with van der Waals surface area (Å²) in [5.41, 5.74) is 2.06. The Balaban J connectivity index is 0.000000794. The summed E-state index contributed by atoms with van der Waals surface area (Å²) in [6, 6.07) is 0.242. The second-order valence-electron chi connectivity index (χ2n) is 53.7. The lowest BCUT2D eigenvalue weighted by atomic mass is 9.86. The lowest BCUT2D eigenvalue weighted by molar-refractivity contribution is -0.139. The van der Waals surface area contributed by atoms with Crippen molar-refractivity contribution in [2.24, 2.45) is 60.1 Å². The van der Waals surface area contributed by atoms with Crippen LogP contribution in [0.5, 0.6) is 0 Å². The number of carbonyl (C=O) groups is 9. The van der Waals surface area contributed by atoms with Crippen molar-refractivity contribution >= 4 is 53.2 Å². The van der Waals surface area contributed by atoms with E-state index in [1.54, 1.807) is 11.8 Å². The Morgan fingerprint density at radius 3 is 0.865 bits per heavy atom. The van der Waals surface area contributed by atoms with Crippen molar-refractivity contribution in [2.75, 3.05) is 183 Å². The number of aliphatic hydroxyl groups excluding tert-OH is 1. The minimum absolute atomic E-state index is 0.000810. The standard InChI is InChI=1S/2C14H28N2O.C13H27N3O.2C13H26N2O.C12H24N2O2.C12H24N2O.C11H22N2O.C10H20N2O/c1-13(2,3)9-16-10-14(4,5)8-7-11(15-6)12(16)17;1-7-14(4,5)16-10-13(2,3)9-8-11(15-6)12(16)17;1-13(2)7-6-11(14-3)12(17)16(10-13)9-8-15(4)5;1-12(2,3)15-9-13(4,5)8-7-10(14-6)11(15)16;1-10(2)8-15-9-13(3,4)7-6-11(14-5)12(15)16;1-9(15)7-14-8-12(2,3)6-5-10(13-4)11(14)16;1-9(2)14-8-12(3,4)7-6-10(13-5)11(14)15;1-5-13-8-11(2,3)7-6-9(12-4)10(13)14;1-10(2)6-5-8(11-3)9(13)12(4)7-10/h2*11,15H,7-10H2,1-6H3;11,14H,6-10H2,1-5H3;10,14H,7-9H2,1-6H3;10-11,14H,6-9H2,1-5H3;9-10,13,15H,5-8H2,1-4H3;9-10,13H,6-8H2,1-5H3;9,12H,5-8H2,1-4H3;8,11H,5-7H2,1-4H3. The number of nitrogens with zero attached hydrogens (tertiary/aromatic N) is 10. The van der Waals surface area contributed by atoms with E-state index in [0.29, 0.717) is 18.5 Å². The van der Waals surface area contributed by atoms with Crippen LogP contribution in [0.15, 0.2) is 0 Å². The Morgan fingerprint density at radius 2 is 0.574 bits per heavy atom. The van der Waals surface area contributed by atoms with Gasteiger partial charge in [-0.05, 0) is 322 Å². The van der Waals surface area contributed by atoms with E-state index in [4.69, 9.17) is 0 Å². The third-order valence-electron chi connectivity index (χ3n) is 30.1. The van der Waals surface area contributed by atoms with Crippen LogP contribution in [-0.4, -0.2) is 368 Å². The maximum atomic E-state index is 12.5. The van der Waals surface area contributed by atoms with Gasteiger partial charge in [-0.3, -0.25) is 43.2 Å². The molecule has 10 unspecified atom stereocenters. The summed E-state index contributed by atoms with van der Waals surface area (Å²) in [4.78, 5) is 130. The Hall–Kier alpha value is -5.21. The number of hydrogen-bond acceptors (Lipinski definition) is 20. The van der Waals surface area contributed by atoms with Crippen LogP contribution in [0.3, 0.4) is 0 Å². The molecule has 0 bridgehead atoms. The number of hydrogen-bond donors (Lipinski definition) is 10. The molecule has 10 atom stereocenters. The van der Waals surface area contributed by atoms with E-state index in [1.807, 2.05) is 126 Å². The summed E-state index contributed by atoms with van der Waals surface area (Å²) >= 11 is 0. The predicted molar refractivity (Wildman–Crippen MR) is 588 cm³/mol. The highest BCUT2D eigenvalue weighted by molar-refractivity contribution is 5.86. The molecular formula is C112H225N19O10. The van der Waals surface area contributed by atoms with Crippen molar-refractivity contribution < 1.29 is 48.3 Å². The van der Waals surface area contributed by atoms with E-state index < -0.39 is 6.10 Å². The molecule has 0 aromatic rings. The minimum atomic E-state index is -0.463. The van der Waals surface area contributed by atoms with Crippen molar-refractivity contribution in [2.45, 2.75) is 428 Å². The summed E-state index contributed by atoms with van der Waals surface area (Å²) in [5.74, 6) is 2.75. The van der Waals surface area contributed by atoms with Crippen LogP contribution in [0.1, 0.15) is 350 Å². The van der Waals surface area contributed by atoms with Gasteiger partial charge in [0.15, 0.2) is 0 Å². The third-order valence-corrected chi connectivity index (χ3v) is 30.1. The van der Waals surface area contributed by atoms with Gasteiger partial charge in [-0.15, -0.1) is 0 Å². The number of amides is 9. The first kappa shape index (κ1) is 134. The molecule has 0 radical (unpaired) electrons. The Bertz CT molecular complexity index is 3680. The molecule has 0 aromatic carbocycles. The smallest absolute Gasteiger partial charge is 0.240 e. The van der Waals surface area contributed by atoms with E-state index >= 15 is 0 Å². The number of carbonyl (C=O) groups excluding carboxylic acids is 9. The highest BCUT2D eigenvalue weighted by atomic mass is 16.3. The second-order valence-corrected chi connectivity index (χ2v) is 53.7. The van der Waals surface area contributed by atoms with Gasteiger partial charge < -0.3 is 102 Å². The predicted octanol–water partition coefficient (Wildman–Crippen LogP) is 13.7. The zero-order chi connectivity index (χ0) is 109. The third kappa shape index (κ3) is 47.9. The van der Waals surface area contributed by atoms with Gasteiger partial charge in [0.25, 0.3) is 0 Å². The molecule has 29 heteroatoms. The van der Waals surface area contributed by atoms with Crippen molar-refractivity contribution in [3.63, 3.8) is 0 Å². The molecule has 29 nitrogen and oxygen atoms in total. The minimum Gasteiger partial charge on any atom is -0.392 e. The zero-order valence-corrected chi connectivity index (χ0v) is 99.6. The van der Waals surface area contributed by atoms with Gasteiger partial charge in [0.1, 0.15) is 0 Å². The summed E-state index contributed by atoms with van der Waals surface area (Å²) in [6.07, 6.45) is 18.8. The highest BCUT2D eigenvalue weighted by Crippen LogP contribution is 2.39. The molecule has 0 aliphatic carbocycles. The lowest BCUT2D eigenvalue weighted by Crippen LogP contribution is -2.54. The van der Waals surface area contributed by atoms with Crippen LogP contribution >= 0.6 is 0 Å². The quantitative estimate of drug-likeness (QED) is 0.0510. The summed E-state index contributed by atoms with van der Waals surface area (Å²) < 4.78 is 0. The topological polar surface area (TPSA) is 315 Å². The molecule has 141 heavy (non-hydrogen) atoms. The molecule has 9 heterocycles. The van der Waals surface area contributed by atoms with Gasteiger partial charge >= 0.3 is 0 Å². The molecule has 9 fully saturated rings. The zero-order valence-electron chi connectivity index (χ0n) is 99.6. The second kappa shape index (κ2) is 58.7. The average molecular weight is 2000 g/mol. The van der Waals surface area contributed by atoms with Gasteiger partial charge in [0.05, 0.1) is 60.5 Å². The van der Waals surface area contributed by atoms with Crippen LogP contribution in [0.4, 0.5) is 0 Å². The van der Waals surface area contributed by atoms with Crippen LogP contribution in [0.25, 0.3) is 0 Å². The molecule has 9 saturated heterocycles. The molecular weight excluding hydrogens is 1770 g/mol. The molecule has 10 N–H and O–H groups in total. The summed E-state index contributed by atoms with van der Waals surface area (Å²) in [7, 11) is 22.8. The van der Waals surface area contributed by atoms with Crippen molar-refractivity contribution in [1.29, 1.82) is 0 Å². The molecule has 9 aliphatic rings. The molecule has 9 amide bonds. The molecule has 0 aromatic heterocycles. The number of likely N-dealkylation sites (tertiary alicyclic amines) is 9. The van der Waals surface area contributed by atoms with Crippen molar-refractivity contribution in [3.8, 4) is 0 Å². The Morgan fingerprint density at radius 1 is 0.326 bits per heavy atom. The van der Waals surface area contributed by atoms with Crippen LogP contribution < -0.4 is 47.9 Å². The highest BCUT2D eigenvalue weighted by Gasteiger charge is 2.45. The number of aliphatic hydroxyl groups is 1. The van der Waals surface area contributed by atoms with E-state index in [9.17, 15) is 48.3 Å². The number of rotatable bonds is 21. The molecule has 9 rings (SSSR count). The molecule has 9 aliphatic heterocycles. The number of likely N-dealkylation sites (N-methyl/N-ethyl adjacent to an activating group) is 12. The van der Waals surface area contributed by atoms with Crippen LogP contribution in [0.2, 0.25) is 0 Å². The van der Waals surface area contributed by atoms with Gasteiger partial charge in [0, 0.05) is 122 Å². The number of β-amino-alcohol motifs (C(OH)–C–C–N with tert-alkyl or cyclic N) is 1. The summed E-state index contributed by atoms with van der Waals surface area (Å²) in [6.45, 7) is 84.4. The normalized spacial score (nSPS) is 26.7. The maximum Gasteiger partial charge on any atom is 0.240 e. The molecule has 0 saturated carbocycles. The molecule has 0 spiro atoms. The lowest BCUT2D eigenvalue weighted by Gasteiger charge is -2.41. The fourth-order valence-electron chi connectivity index (χ4n) is 20.5. The van der Waals surface area contributed by atoms with E-state index in [-0.39, 0.29) is 173 Å². The SMILES string of the molecule is CCC(C)(C)N1CC(C)(C)CCC(NC)C1=O.CCN1CC(C)(C)CCC(NC)C1=O.CNC1CCC(C)(C)CN(C(C)(C)C)C1=O.CNC1CCC(C)(C)CN(C(C)C)C1=O.CNC1CCC(C)(C)CN(C)C1=O.CNC1CCC(C)(C)CN(CC(C)(C)C)C1=O.CNC1CCC(C)(C)CN(CC(C)C)C1=O.CNC1CCC(C)(C)CN(CC(C)O)C1=O.CNC1CCC(C)(C)CN(CCN(C)C)C1=O. The average Bonchev–Trinajstić information content (AvgIpc) is 1.68. The van der Waals surface area contributed by atoms with E-state index in [1.165, 1.54) is 0 Å². The van der Waals surface area contributed by atoms with Crippen LogP contribution in [-0.2, 0) is 43.2 Å². The molecule has 828 valence electrons. The van der Waals surface area contributed by atoms with Crippen molar-refractivity contribution in [3.05, 3.63) is 0 Å². The van der Waals surface area contributed by atoms with Crippen LogP contribution in [0, 0.1) is 60.1 Å². The van der Waals surface area contributed by atoms with Crippen molar-refractivity contribution in [1.82, 2.24) is 96.9 Å². The first-order chi connectivity index (χ1) is 64.4. The first-order valence-electron chi connectivity index (χ1n) is 54.5. The fourth-order valence-corrected chi connectivity index (χ4v) is 20.5.